The Hall–Kier alpha value is -0.790. The van der Waals surface area contributed by atoms with Crippen molar-refractivity contribution in [2.24, 2.45) is 0 Å². The van der Waals surface area contributed by atoms with Crippen LogP contribution in [-0.4, -0.2) is 25.8 Å². The first-order chi connectivity index (χ1) is 9.58. The Bertz CT molecular complexity index is 800. The van der Waals surface area contributed by atoms with Crippen molar-refractivity contribution >= 4 is 44.6 Å². The number of thiophene rings is 1. The molecule has 7 heteroatoms. The maximum atomic E-state index is 12.7. The summed E-state index contributed by atoms with van der Waals surface area (Å²) in [5.74, 6) is 0.598. The number of aromatic amines is 1. The fourth-order valence-corrected chi connectivity index (χ4v) is 4.90. The maximum absolute atomic E-state index is 12.7. The summed E-state index contributed by atoms with van der Waals surface area (Å²) in [5, 5.41) is 0.828. The van der Waals surface area contributed by atoms with E-state index in [-0.39, 0.29) is 5.56 Å². The molecule has 0 aliphatic heterocycles. The Kier molecular flexibility index (Phi) is 3.92. The van der Waals surface area contributed by atoms with E-state index in [1.807, 2.05) is 0 Å². The van der Waals surface area contributed by atoms with Gasteiger partial charge in [-0.05, 0) is 43.5 Å². The van der Waals surface area contributed by atoms with Crippen LogP contribution in [0.5, 0.6) is 0 Å². The number of fused-ring (bicyclic) bond motifs is 3. The van der Waals surface area contributed by atoms with Gasteiger partial charge < -0.3 is 4.98 Å². The van der Waals surface area contributed by atoms with Crippen LogP contribution in [0.25, 0.3) is 10.2 Å². The fraction of sp³-hybridized carbons (Fsp3) is 0.538. The van der Waals surface area contributed by atoms with Crippen molar-refractivity contribution < 1.29 is 4.21 Å². The molecule has 0 saturated carbocycles. The lowest BCUT2D eigenvalue weighted by Gasteiger charge is -2.06. The first kappa shape index (κ1) is 14.2. The van der Waals surface area contributed by atoms with Gasteiger partial charge in [0.05, 0.1) is 5.39 Å². The number of nitrogens with one attached hydrogen (secondary N) is 1. The molecule has 2 heterocycles. The molecule has 2 aromatic heterocycles. The highest BCUT2D eigenvalue weighted by atomic mass is 32.2. The standard InChI is InChI=1S/C13H16N2O2S3/c1-20(17)7-3-6-15-12(16)10-8-4-2-5-9(8)19-11(10)14-13(15)18/h2-7H2,1H3,(H,14,18). The summed E-state index contributed by atoms with van der Waals surface area (Å²) in [5.41, 5.74) is 1.24. The van der Waals surface area contributed by atoms with Crippen LogP contribution in [0.1, 0.15) is 23.3 Å². The number of H-pyrrole nitrogens is 1. The van der Waals surface area contributed by atoms with E-state index in [1.54, 1.807) is 22.2 Å². The van der Waals surface area contributed by atoms with Gasteiger partial charge >= 0.3 is 0 Å². The minimum Gasteiger partial charge on any atom is -0.323 e. The van der Waals surface area contributed by atoms with E-state index in [0.29, 0.717) is 23.5 Å². The summed E-state index contributed by atoms with van der Waals surface area (Å²) in [6, 6.07) is 0. The van der Waals surface area contributed by atoms with Gasteiger partial charge in [0.25, 0.3) is 5.56 Å². The molecule has 0 saturated heterocycles. The number of aryl methyl sites for hydroxylation is 2. The summed E-state index contributed by atoms with van der Waals surface area (Å²) in [4.78, 5) is 18.1. The lowest BCUT2D eigenvalue weighted by molar-refractivity contribution is 0.633. The molecule has 0 fully saturated rings. The summed E-state index contributed by atoms with van der Waals surface area (Å²) in [7, 11) is -0.829. The van der Waals surface area contributed by atoms with E-state index in [0.717, 1.165) is 29.5 Å². The van der Waals surface area contributed by atoms with E-state index in [1.165, 1.54) is 10.4 Å². The van der Waals surface area contributed by atoms with Gasteiger partial charge in [0, 0.05) is 34.2 Å². The molecule has 1 aliphatic rings. The Labute approximate surface area is 128 Å². The van der Waals surface area contributed by atoms with E-state index < -0.39 is 10.8 Å². The van der Waals surface area contributed by atoms with Crippen molar-refractivity contribution in [2.45, 2.75) is 32.2 Å². The zero-order valence-corrected chi connectivity index (χ0v) is 13.7. The lowest BCUT2D eigenvalue weighted by Crippen LogP contribution is -2.23. The van der Waals surface area contributed by atoms with Crippen LogP contribution < -0.4 is 5.56 Å². The van der Waals surface area contributed by atoms with Crippen LogP contribution in [0.3, 0.4) is 0 Å². The van der Waals surface area contributed by atoms with Crippen molar-refractivity contribution in [1.29, 1.82) is 0 Å². The molecule has 1 N–H and O–H groups in total. The topological polar surface area (TPSA) is 54.9 Å². The Morgan fingerprint density at radius 2 is 2.25 bits per heavy atom. The molecule has 4 nitrogen and oxygen atoms in total. The van der Waals surface area contributed by atoms with Crippen LogP contribution in [0.2, 0.25) is 0 Å². The average Bonchev–Trinajstić information content (AvgIpc) is 2.92. The van der Waals surface area contributed by atoms with Crippen molar-refractivity contribution in [3.63, 3.8) is 0 Å². The van der Waals surface area contributed by atoms with Crippen LogP contribution >= 0.6 is 23.6 Å². The Morgan fingerprint density at radius 1 is 1.45 bits per heavy atom. The molecule has 0 bridgehead atoms. The molecule has 0 radical (unpaired) electrons. The maximum Gasteiger partial charge on any atom is 0.263 e. The number of nitrogens with zero attached hydrogens (tertiary/aromatic N) is 1. The molecule has 1 unspecified atom stereocenters. The zero-order valence-electron chi connectivity index (χ0n) is 11.2. The average molecular weight is 328 g/mol. The minimum absolute atomic E-state index is 0.0186. The lowest BCUT2D eigenvalue weighted by atomic mass is 10.2. The van der Waals surface area contributed by atoms with Crippen molar-refractivity contribution in [2.75, 3.05) is 12.0 Å². The first-order valence-electron chi connectivity index (χ1n) is 6.65. The number of aromatic nitrogens is 2. The SMILES string of the molecule is CS(=O)CCCn1c(=S)[nH]c2sc3c(c2c1=O)CCC3. The van der Waals surface area contributed by atoms with E-state index in [4.69, 9.17) is 12.2 Å². The monoisotopic (exact) mass is 328 g/mol. The largest absolute Gasteiger partial charge is 0.323 e. The molecular formula is C13H16N2O2S3. The summed E-state index contributed by atoms with van der Waals surface area (Å²) < 4.78 is 13.2. The van der Waals surface area contributed by atoms with Gasteiger partial charge in [-0.2, -0.15) is 0 Å². The van der Waals surface area contributed by atoms with Crippen LogP contribution in [0.4, 0.5) is 0 Å². The second-order valence-corrected chi connectivity index (χ2v) is 8.13. The molecule has 1 atom stereocenters. The number of rotatable bonds is 4. The van der Waals surface area contributed by atoms with Gasteiger partial charge in [-0.25, -0.2) is 0 Å². The third-order valence-corrected chi connectivity index (χ3v) is 6.05. The predicted octanol–water partition coefficient (Wildman–Crippen LogP) is 2.38. The molecule has 0 amide bonds. The van der Waals surface area contributed by atoms with Gasteiger partial charge in [0.2, 0.25) is 0 Å². The molecule has 0 aromatic carbocycles. The van der Waals surface area contributed by atoms with Gasteiger partial charge in [-0.15, -0.1) is 11.3 Å². The van der Waals surface area contributed by atoms with E-state index >= 15 is 0 Å². The fourth-order valence-electron chi connectivity index (χ4n) is 2.74. The highest BCUT2D eigenvalue weighted by molar-refractivity contribution is 7.84. The van der Waals surface area contributed by atoms with Crippen molar-refractivity contribution in [1.82, 2.24) is 9.55 Å². The molecule has 2 aromatic rings. The highest BCUT2D eigenvalue weighted by Gasteiger charge is 2.21. The molecule has 108 valence electrons. The zero-order chi connectivity index (χ0) is 14.3. The first-order valence-corrected chi connectivity index (χ1v) is 9.60. The van der Waals surface area contributed by atoms with Gasteiger partial charge in [0.15, 0.2) is 4.77 Å². The molecular weight excluding hydrogens is 312 g/mol. The second-order valence-electron chi connectivity index (χ2n) is 5.08. The van der Waals surface area contributed by atoms with Crippen LogP contribution in [0, 0.1) is 4.77 Å². The van der Waals surface area contributed by atoms with Crippen molar-refractivity contribution in [3.05, 3.63) is 25.6 Å². The summed E-state index contributed by atoms with van der Waals surface area (Å²) >= 11 is 6.96. The number of hydrogen-bond donors (Lipinski definition) is 1. The molecule has 3 rings (SSSR count). The van der Waals surface area contributed by atoms with Gasteiger partial charge in [0.1, 0.15) is 4.83 Å². The predicted molar refractivity (Wildman–Crippen MR) is 86.8 cm³/mol. The number of hydrogen-bond acceptors (Lipinski definition) is 4. The second kappa shape index (κ2) is 5.54. The molecule has 0 spiro atoms. The normalized spacial score (nSPS) is 15.7. The minimum atomic E-state index is -0.829. The smallest absolute Gasteiger partial charge is 0.263 e. The molecule has 1 aliphatic carbocycles. The summed E-state index contributed by atoms with van der Waals surface area (Å²) in [6.45, 7) is 0.536. The van der Waals surface area contributed by atoms with Crippen LogP contribution in [0.15, 0.2) is 4.79 Å². The van der Waals surface area contributed by atoms with E-state index in [2.05, 4.69) is 4.98 Å². The van der Waals surface area contributed by atoms with Crippen molar-refractivity contribution in [3.8, 4) is 0 Å². The Balaban J connectivity index is 2.06. The van der Waals surface area contributed by atoms with Gasteiger partial charge in [-0.3, -0.25) is 13.6 Å². The van der Waals surface area contributed by atoms with E-state index in [9.17, 15) is 9.00 Å². The third kappa shape index (κ3) is 2.42. The quantitative estimate of drug-likeness (QED) is 0.877. The highest BCUT2D eigenvalue weighted by Crippen LogP contribution is 2.34. The Morgan fingerprint density at radius 3 is 3.00 bits per heavy atom. The summed E-state index contributed by atoms with van der Waals surface area (Å²) in [6.07, 6.45) is 5.59. The van der Waals surface area contributed by atoms with Crippen LogP contribution in [-0.2, 0) is 30.2 Å². The third-order valence-electron chi connectivity index (χ3n) is 3.66. The van der Waals surface area contributed by atoms with Gasteiger partial charge in [-0.1, -0.05) is 0 Å². The molecule has 20 heavy (non-hydrogen) atoms.